The molecule has 0 saturated carbocycles. The Morgan fingerprint density at radius 2 is 1.92 bits per heavy atom. The van der Waals surface area contributed by atoms with E-state index in [9.17, 15) is 9.59 Å². The highest BCUT2D eigenvalue weighted by atomic mass is 35.5. The summed E-state index contributed by atoms with van der Waals surface area (Å²) in [4.78, 5) is 29.4. The van der Waals surface area contributed by atoms with Gasteiger partial charge in [-0.2, -0.15) is 5.48 Å². The minimum absolute atomic E-state index is 0.0778. The van der Waals surface area contributed by atoms with Crippen LogP contribution < -0.4 is 5.48 Å². The third-order valence-electron chi connectivity index (χ3n) is 3.25. The van der Waals surface area contributed by atoms with Gasteiger partial charge in [0.2, 0.25) is 0 Å². The minimum atomic E-state index is -0.699. The lowest BCUT2D eigenvalue weighted by molar-refractivity contribution is 0.0234. The van der Waals surface area contributed by atoms with Gasteiger partial charge in [-0.15, -0.1) is 11.3 Å². The zero-order valence-corrected chi connectivity index (χ0v) is 15.0. The zero-order chi connectivity index (χ0) is 18.0. The maximum absolute atomic E-state index is 12.4. The number of benzene rings is 1. The first-order chi connectivity index (χ1) is 12.0. The van der Waals surface area contributed by atoms with Crippen LogP contribution >= 0.6 is 34.5 Å². The Labute approximate surface area is 156 Å². The van der Waals surface area contributed by atoms with Gasteiger partial charge in [-0.3, -0.25) is 4.79 Å². The highest BCUT2D eigenvalue weighted by Crippen LogP contribution is 2.36. The van der Waals surface area contributed by atoms with E-state index in [1.54, 1.807) is 42.6 Å². The summed E-state index contributed by atoms with van der Waals surface area (Å²) < 4.78 is 5.09. The average Bonchev–Trinajstić information content (AvgIpc) is 3.22. The summed E-state index contributed by atoms with van der Waals surface area (Å²) in [6, 6.07) is 8.18. The molecule has 0 atom stereocenters. The van der Waals surface area contributed by atoms with Crippen molar-refractivity contribution in [2.75, 3.05) is 0 Å². The number of hydroxylamine groups is 1. The van der Waals surface area contributed by atoms with Crippen LogP contribution in [0.1, 0.15) is 25.8 Å². The smallest absolute Gasteiger partial charge is 0.360 e. The van der Waals surface area contributed by atoms with E-state index in [4.69, 9.17) is 32.6 Å². The van der Waals surface area contributed by atoms with Crippen molar-refractivity contribution in [2.24, 2.45) is 0 Å². The predicted molar refractivity (Wildman–Crippen MR) is 93.9 cm³/mol. The molecule has 0 saturated heterocycles. The van der Waals surface area contributed by atoms with Crippen LogP contribution in [0.4, 0.5) is 0 Å². The van der Waals surface area contributed by atoms with Gasteiger partial charge in [0, 0.05) is 5.56 Å². The van der Waals surface area contributed by atoms with E-state index in [2.05, 4.69) is 10.6 Å². The maximum atomic E-state index is 12.4. The first kappa shape index (κ1) is 17.5. The SMILES string of the molecule is Cc1onc(-c2c(Cl)cccc2Cl)c1C(=O)NOC(=O)c1cccs1. The van der Waals surface area contributed by atoms with Crippen molar-refractivity contribution in [3.8, 4) is 11.3 Å². The number of nitrogens with one attached hydrogen (secondary N) is 1. The Hall–Kier alpha value is -2.35. The second kappa shape index (κ2) is 7.26. The molecule has 0 unspecified atom stereocenters. The average molecular weight is 397 g/mol. The number of rotatable bonds is 3. The van der Waals surface area contributed by atoms with Gasteiger partial charge in [0.25, 0.3) is 5.91 Å². The summed E-state index contributed by atoms with van der Waals surface area (Å²) in [5.41, 5.74) is 2.70. The van der Waals surface area contributed by atoms with Crippen LogP contribution in [0, 0.1) is 6.92 Å². The van der Waals surface area contributed by atoms with Gasteiger partial charge in [-0.1, -0.05) is 40.5 Å². The summed E-state index contributed by atoms with van der Waals surface area (Å²) >= 11 is 13.5. The van der Waals surface area contributed by atoms with Crippen molar-refractivity contribution in [3.63, 3.8) is 0 Å². The van der Waals surface area contributed by atoms with Gasteiger partial charge in [0.1, 0.15) is 21.9 Å². The molecule has 6 nitrogen and oxygen atoms in total. The molecular weight excluding hydrogens is 387 g/mol. The molecule has 128 valence electrons. The lowest BCUT2D eigenvalue weighted by Crippen LogP contribution is -2.27. The van der Waals surface area contributed by atoms with Crippen LogP contribution in [0.25, 0.3) is 11.3 Å². The number of aryl methyl sites for hydroxylation is 1. The predicted octanol–water partition coefficient (Wildman–Crippen LogP) is 4.52. The Kier molecular flexibility index (Phi) is 5.08. The molecule has 0 aliphatic heterocycles. The molecule has 1 aromatic carbocycles. The lowest BCUT2D eigenvalue weighted by Gasteiger charge is -2.07. The fourth-order valence-corrected chi connectivity index (χ4v) is 3.30. The Morgan fingerprint density at radius 3 is 2.56 bits per heavy atom. The molecule has 3 aromatic rings. The van der Waals surface area contributed by atoms with Crippen LogP contribution in [-0.2, 0) is 4.84 Å². The molecule has 2 aromatic heterocycles. The number of carbonyl (C=O) groups is 2. The number of aromatic nitrogens is 1. The first-order valence-corrected chi connectivity index (χ1v) is 8.58. The van der Waals surface area contributed by atoms with Gasteiger partial charge in [-0.05, 0) is 30.5 Å². The molecule has 3 rings (SSSR count). The summed E-state index contributed by atoms with van der Waals surface area (Å²) in [5, 5.41) is 6.21. The van der Waals surface area contributed by atoms with Crippen molar-refractivity contribution in [2.45, 2.75) is 6.92 Å². The molecule has 0 spiro atoms. The number of thiophene rings is 1. The Morgan fingerprint density at radius 1 is 1.20 bits per heavy atom. The number of nitrogens with zero attached hydrogens (tertiary/aromatic N) is 1. The molecule has 1 amide bonds. The van der Waals surface area contributed by atoms with Crippen molar-refractivity contribution >= 4 is 46.4 Å². The summed E-state index contributed by atoms with van der Waals surface area (Å²) in [6.45, 7) is 1.55. The van der Waals surface area contributed by atoms with Gasteiger partial charge >= 0.3 is 5.97 Å². The van der Waals surface area contributed by atoms with E-state index in [1.807, 2.05) is 0 Å². The van der Waals surface area contributed by atoms with Crippen molar-refractivity contribution < 1.29 is 18.9 Å². The molecule has 25 heavy (non-hydrogen) atoms. The summed E-state index contributed by atoms with van der Waals surface area (Å²) in [7, 11) is 0. The van der Waals surface area contributed by atoms with E-state index < -0.39 is 11.9 Å². The van der Waals surface area contributed by atoms with E-state index in [1.165, 1.54) is 11.3 Å². The molecule has 0 bridgehead atoms. The first-order valence-electron chi connectivity index (χ1n) is 6.94. The third kappa shape index (κ3) is 3.53. The number of amides is 1. The van der Waals surface area contributed by atoms with Crippen LogP contribution in [0.5, 0.6) is 0 Å². The normalized spacial score (nSPS) is 10.5. The van der Waals surface area contributed by atoms with Crippen molar-refractivity contribution in [1.29, 1.82) is 0 Å². The summed E-state index contributed by atoms with van der Waals surface area (Å²) in [5.74, 6) is -1.14. The van der Waals surface area contributed by atoms with Crippen molar-refractivity contribution in [1.82, 2.24) is 10.6 Å². The molecule has 0 radical (unpaired) electrons. The fraction of sp³-hybridized carbons (Fsp3) is 0.0625. The molecular formula is C16H10Cl2N2O4S. The van der Waals surface area contributed by atoms with E-state index in [-0.39, 0.29) is 17.0 Å². The second-order valence-corrected chi connectivity index (χ2v) is 6.62. The Balaban J connectivity index is 1.87. The third-order valence-corrected chi connectivity index (χ3v) is 4.73. The number of halogens is 2. The molecule has 1 N–H and O–H groups in total. The van der Waals surface area contributed by atoms with Gasteiger partial charge in [0.05, 0.1) is 10.0 Å². The van der Waals surface area contributed by atoms with E-state index in [0.29, 0.717) is 20.5 Å². The molecule has 2 heterocycles. The molecule has 0 aliphatic carbocycles. The van der Waals surface area contributed by atoms with Crippen LogP contribution in [0.2, 0.25) is 10.0 Å². The maximum Gasteiger partial charge on any atom is 0.372 e. The van der Waals surface area contributed by atoms with Crippen LogP contribution in [0.15, 0.2) is 40.2 Å². The number of hydrogen-bond acceptors (Lipinski definition) is 6. The minimum Gasteiger partial charge on any atom is -0.360 e. The van der Waals surface area contributed by atoms with Crippen LogP contribution in [0.3, 0.4) is 0 Å². The largest absolute Gasteiger partial charge is 0.372 e. The number of hydrogen-bond donors (Lipinski definition) is 1. The molecule has 9 heteroatoms. The van der Waals surface area contributed by atoms with Crippen molar-refractivity contribution in [3.05, 3.63) is 62.0 Å². The Bertz CT molecular complexity index is 918. The van der Waals surface area contributed by atoms with Gasteiger partial charge in [-0.25, -0.2) is 4.79 Å². The van der Waals surface area contributed by atoms with E-state index >= 15 is 0 Å². The second-order valence-electron chi connectivity index (χ2n) is 4.86. The van der Waals surface area contributed by atoms with E-state index in [0.717, 1.165) is 0 Å². The standard InChI is InChI=1S/C16H10Cl2N2O4S/c1-8-12(15(21)20-24-16(22)11-6-3-7-25-11)14(19-23-8)13-9(17)4-2-5-10(13)18/h2-7H,1H3,(H,20,21). The molecule has 0 fully saturated rings. The van der Waals surface area contributed by atoms with Crippen LogP contribution in [-0.4, -0.2) is 17.0 Å². The quantitative estimate of drug-likeness (QED) is 0.658. The fourth-order valence-electron chi connectivity index (χ4n) is 2.12. The monoisotopic (exact) mass is 396 g/mol. The lowest BCUT2D eigenvalue weighted by atomic mass is 10.1. The zero-order valence-electron chi connectivity index (χ0n) is 12.7. The number of carbonyl (C=O) groups excluding carboxylic acids is 2. The van der Waals surface area contributed by atoms with Gasteiger partial charge < -0.3 is 9.36 Å². The summed E-state index contributed by atoms with van der Waals surface area (Å²) in [6.07, 6.45) is 0. The topological polar surface area (TPSA) is 81.4 Å². The highest BCUT2D eigenvalue weighted by Gasteiger charge is 2.25. The highest BCUT2D eigenvalue weighted by molar-refractivity contribution is 7.11. The molecule has 0 aliphatic rings. The van der Waals surface area contributed by atoms with Gasteiger partial charge in [0.15, 0.2) is 0 Å².